The van der Waals surface area contributed by atoms with Crippen LogP contribution in [0, 0.1) is 17.7 Å². The molecule has 42 heavy (non-hydrogen) atoms. The molecule has 2 saturated heterocycles. The Labute approximate surface area is 246 Å². The number of aryl methyl sites for hydroxylation is 1. The van der Waals surface area contributed by atoms with E-state index in [0.717, 1.165) is 60.2 Å². The van der Waals surface area contributed by atoms with Crippen LogP contribution < -0.4 is 9.47 Å². The molecule has 0 spiro atoms. The number of aliphatic carboxylic acids is 1. The Kier molecular flexibility index (Phi) is 7.17. The van der Waals surface area contributed by atoms with Gasteiger partial charge in [0.25, 0.3) is 0 Å². The maximum absolute atomic E-state index is 15.1. The fraction of sp³-hybridized carbons (Fsp3) is 0.486. The first kappa shape index (κ1) is 27.4. The van der Waals surface area contributed by atoms with Gasteiger partial charge in [-0.2, -0.15) is 0 Å². The van der Waals surface area contributed by atoms with E-state index in [2.05, 4.69) is 40.2 Å². The summed E-state index contributed by atoms with van der Waals surface area (Å²) in [5.41, 5.74) is 5.81. The molecule has 1 aromatic heterocycles. The second-order valence-electron chi connectivity index (χ2n) is 12.8. The van der Waals surface area contributed by atoms with Gasteiger partial charge in [0, 0.05) is 30.3 Å². The lowest BCUT2D eigenvalue weighted by atomic mass is 9.82. The number of aromatic nitrogens is 1. The summed E-state index contributed by atoms with van der Waals surface area (Å²) in [6.07, 6.45) is 10.0. The van der Waals surface area contributed by atoms with Crippen molar-refractivity contribution in [2.24, 2.45) is 11.8 Å². The minimum Gasteiger partial charge on any atom is -0.485 e. The van der Waals surface area contributed by atoms with E-state index in [1.165, 1.54) is 37.4 Å². The zero-order valence-electron chi connectivity index (χ0n) is 24.4. The molecule has 1 saturated carbocycles. The molecule has 1 N–H and O–H groups in total. The fourth-order valence-corrected chi connectivity index (χ4v) is 7.83. The van der Waals surface area contributed by atoms with E-state index in [1.54, 1.807) is 13.2 Å². The Balaban J connectivity index is 1.21. The lowest BCUT2D eigenvalue weighted by molar-refractivity contribution is -0.142. The Morgan fingerprint density at radius 2 is 1.81 bits per heavy atom. The van der Waals surface area contributed by atoms with Gasteiger partial charge in [0.2, 0.25) is 5.88 Å². The van der Waals surface area contributed by atoms with E-state index in [-0.39, 0.29) is 17.8 Å². The van der Waals surface area contributed by atoms with Crippen LogP contribution in [0.1, 0.15) is 86.1 Å². The third-order valence-electron chi connectivity index (χ3n) is 10.3. The van der Waals surface area contributed by atoms with Gasteiger partial charge >= 0.3 is 5.97 Å². The lowest BCUT2D eigenvalue weighted by Crippen LogP contribution is -2.28. The molecule has 1 aliphatic carbocycles. The number of hydrogen-bond donors (Lipinski definition) is 1. The van der Waals surface area contributed by atoms with Crippen LogP contribution in [-0.4, -0.2) is 40.2 Å². The smallest absolute Gasteiger partial charge is 0.306 e. The average molecular weight is 571 g/mol. The van der Waals surface area contributed by atoms with Crippen molar-refractivity contribution in [1.82, 2.24) is 9.88 Å². The summed E-state index contributed by atoms with van der Waals surface area (Å²) in [6, 6.07) is 15.6. The van der Waals surface area contributed by atoms with E-state index in [1.807, 2.05) is 13.0 Å². The highest BCUT2D eigenvalue weighted by Crippen LogP contribution is 2.48. The largest absolute Gasteiger partial charge is 0.485 e. The number of hydrogen-bond acceptors (Lipinski definition) is 5. The average Bonchev–Trinajstić information content (AvgIpc) is 3.69. The minimum absolute atomic E-state index is 0.00532. The van der Waals surface area contributed by atoms with Crippen molar-refractivity contribution >= 4 is 5.97 Å². The number of benzene rings is 2. The number of nitrogens with zero attached hydrogens (tertiary/aromatic N) is 2. The van der Waals surface area contributed by atoms with Crippen LogP contribution in [0.25, 0.3) is 11.1 Å². The second-order valence-corrected chi connectivity index (χ2v) is 12.8. The summed E-state index contributed by atoms with van der Waals surface area (Å²) in [5.74, 6) is 0.157. The minimum atomic E-state index is -0.745. The zero-order chi connectivity index (χ0) is 29.0. The van der Waals surface area contributed by atoms with Crippen molar-refractivity contribution in [2.75, 3.05) is 7.11 Å². The molecule has 7 rings (SSSR count). The first-order chi connectivity index (χ1) is 20.4. The highest BCUT2D eigenvalue weighted by atomic mass is 19.1. The van der Waals surface area contributed by atoms with Crippen molar-refractivity contribution in [2.45, 2.75) is 88.9 Å². The fourth-order valence-electron chi connectivity index (χ4n) is 7.83. The van der Waals surface area contributed by atoms with Crippen LogP contribution in [0.4, 0.5) is 4.39 Å². The Hall–Kier alpha value is -3.45. The molecule has 6 nitrogen and oxygen atoms in total. The molecule has 2 bridgehead atoms. The number of fused-ring (bicyclic) bond motifs is 3. The predicted octanol–water partition coefficient (Wildman–Crippen LogP) is 7.30. The van der Waals surface area contributed by atoms with Crippen LogP contribution in [0.5, 0.6) is 11.6 Å². The van der Waals surface area contributed by atoms with Gasteiger partial charge in [-0.3, -0.25) is 9.69 Å². The van der Waals surface area contributed by atoms with Gasteiger partial charge in [0.05, 0.1) is 19.2 Å². The summed E-state index contributed by atoms with van der Waals surface area (Å²) in [6.45, 7) is 2.61. The number of carboxylic acids is 1. The number of carboxylic acid groups (broad SMARTS) is 1. The normalized spacial score (nSPS) is 24.6. The molecule has 220 valence electrons. The van der Waals surface area contributed by atoms with Crippen molar-refractivity contribution in [3.63, 3.8) is 0 Å². The van der Waals surface area contributed by atoms with Crippen molar-refractivity contribution < 1.29 is 23.8 Å². The summed E-state index contributed by atoms with van der Waals surface area (Å²) in [4.78, 5) is 18.6. The molecule has 3 aliphatic heterocycles. The molecule has 3 fully saturated rings. The van der Waals surface area contributed by atoms with Gasteiger partial charge in [-0.25, -0.2) is 9.37 Å². The molecule has 4 heterocycles. The molecular formula is C35H39FN2O4. The van der Waals surface area contributed by atoms with E-state index in [9.17, 15) is 9.90 Å². The molecule has 3 aromatic rings. The molecule has 0 amide bonds. The molecule has 0 unspecified atom stereocenters. The second kappa shape index (κ2) is 11.0. The highest BCUT2D eigenvalue weighted by Gasteiger charge is 2.40. The monoisotopic (exact) mass is 570 g/mol. The third-order valence-corrected chi connectivity index (χ3v) is 10.3. The quantitative estimate of drug-likeness (QED) is 0.291. The highest BCUT2D eigenvalue weighted by molar-refractivity contribution is 5.71. The van der Waals surface area contributed by atoms with Crippen LogP contribution in [0.3, 0.4) is 0 Å². The number of rotatable bonds is 9. The third kappa shape index (κ3) is 5.06. The number of methoxy groups -OCH3 is 1. The van der Waals surface area contributed by atoms with Crippen LogP contribution >= 0.6 is 0 Å². The van der Waals surface area contributed by atoms with Gasteiger partial charge in [-0.1, -0.05) is 37.3 Å². The lowest BCUT2D eigenvalue weighted by Gasteiger charge is -2.30. The van der Waals surface area contributed by atoms with Gasteiger partial charge in [-0.05, 0) is 97.1 Å². The number of carbonyl (C=O) groups is 1. The maximum Gasteiger partial charge on any atom is 0.306 e. The molecular weight excluding hydrogens is 531 g/mol. The standard InChI is InChI=1S/C35H39FN2O4/c1-20(35(39)40)34(22-4-5-22)24-6-3-21-8-14-31(42-32(21)16-24)23-7-13-28(29-17-33(41-2)37-18-30(29)36)25(15-23)19-38-26-9-10-27(38)12-11-26/h3,6-7,13,15-18,20,22,26-27,31,34H,4-5,8-12,14,19H2,1-2H3,(H,39,40)/t20-,26?,27?,31+,34-/m0/s1. The number of ether oxygens (including phenoxy) is 2. The van der Waals surface area contributed by atoms with Gasteiger partial charge in [0.15, 0.2) is 0 Å². The first-order valence-corrected chi connectivity index (χ1v) is 15.5. The van der Waals surface area contributed by atoms with Crippen molar-refractivity contribution in [3.05, 3.63) is 76.7 Å². The number of pyridine rings is 1. The molecule has 0 radical (unpaired) electrons. The van der Waals surface area contributed by atoms with E-state index in [0.29, 0.717) is 29.4 Å². The van der Waals surface area contributed by atoms with Crippen LogP contribution in [0.2, 0.25) is 0 Å². The topological polar surface area (TPSA) is 71.9 Å². The van der Waals surface area contributed by atoms with E-state index < -0.39 is 11.9 Å². The van der Waals surface area contributed by atoms with Crippen LogP contribution in [0.15, 0.2) is 48.7 Å². The first-order valence-electron chi connectivity index (χ1n) is 15.5. The van der Waals surface area contributed by atoms with Crippen molar-refractivity contribution in [3.8, 4) is 22.8 Å². The van der Waals surface area contributed by atoms with Crippen LogP contribution in [-0.2, 0) is 17.8 Å². The van der Waals surface area contributed by atoms with Gasteiger partial charge in [-0.15, -0.1) is 0 Å². The Morgan fingerprint density at radius 3 is 2.50 bits per heavy atom. The summed E-state index contributed by atoms with van der Waals surface area (Å²) in [7, 11) is 1.55. The summed E-state index contributed by atoms with van der Waals surface area (Å²) < 4.78 is 27.2. The maximum atomic E-state index is 15.1. The molecule has 3 atom stereocenters. The Morgan fingerprint density at radius 1 is 1.05 bits per heavy atom. The summed E-state index contributed by atoms with van der Waals surface area (Å²) in [5, 5.41) is 9.77. The van der Waals surface area contributed by atoms with E-state index in [4.69, 9.17) is 9.47 Å². The molecule has 7 heteroatoms. The predicted molar refractivity (Wildman–Crippen MR) is 158 cm³/mol. The van der Waals surface area contributed by atoms with E-state index >= 15 is 4.39 Å². The van der Waals surface area contributed by atoms with Gasteiger partial charge in [0.1, 0.15) is 17.7 Å². The molecule has 4 aliphatic rings. The number of halogens is 1. The Bertz CT molecular complexity index is 1480. The molecule has 2 aromatic carbocycles. The summed E-state index contributed by atoms with van der Waals surface area (Å²) >= 11 is 0. The zero-order valence-corrected chi connectivity index (χ0v) is 24.4. The van der Waals surface area contributed by atoms with Gasteiger partial charge < -0.3 is 14.6 Å². The SMILES string of the molecule is COc1cc(-c2ccc([C@H]3CCc4ccc([C@H](C5CC5)[C@H](C)C(=O)O)cc4O3)cc2CN2C3CCC2CC3)c(F)cn1. The van der Waals surface area contributed by atoms with Crippen molar-refractivity contribution in [1.29, 1.82) is 0 Å².